The van der Waals surface area contributed by atoms with Crippen molar-refractivity contribution < 1.29 is 0 Å². The number of hydrogen-bond donors (Lipinski definition) is 1. The van der Waals surface area contributed by atoms with E-state index in [0.717, 1.165) is 49.6 Å². The van der Waals surface area contributed by atoms with E-state index in [4.69, 9.17) is 0 Å². The topological polar surface area (TPSA) is 75.6 Å². The molecule has 0 atom stereocenters. The summed E-state index contributed by atoms with van der Waals surface area (Å²) in [7, 11) is 0. The molecule has 0 saturated carbocycles. The van der Waals surface area contributed by atoms with E-state index in [-0.39, 0.29) is 0 Å². The van der Waals surface area contributed by atoms with Crippen molar-refractivity contribution in [2.75, 3.05) is 0 Å². The molecule has 98 heavy (non-hydrogen) atoms. The summed E-state index contributed by atoms with van der Waals surface area (Å²) in [4.78, 5) is 12.6. The monoisotopic (exact) mass is 1280 g/mol. The van der Waals surface area contributed by atoms with Crippen LogP contribution in [0.5, 0.6) is 0 Å². The number of rotatable bonds is 0. The van der Waals surface area contributed by atoms with Gasteiger partial charge in [-0.1, -0.05) is 115 Å². The molecule has 0 fully saturated rings. The SMILES string of the molecule is CC1=C(C)n2c(nc3ccccc32)C1.CC1=C(C)n2c(nc3ccccc32)C1.CC1=C(C)n2cc3ccccc3c2C1.Cc1cc2[nH]c3ccccc3n2c1C.Cc1cc2n(c1C)-c1ccccc1C2.Cc1cn2c(c1C)Cc1ccccc1-2.Cc1cn2c(c1C)Cc1ccccc1-2. The van der Waals surface area contributed by atoms with Crippen molar-refractivity contribution in [2.24, 2.45) is 0 Å². The third-order valence-corrected chi connectivity index (χ3v) is 21.8. The zero-order chi connectivity index (χ0) is 67.9. The lowest BCUT2D eigenvalue weighted by molar-refractivity contribution is 0.990. The Balaban J connectivity index is 0.0000000933. The fourth-order valence-corrected chi connectivity index (χ4v) is 15.5. The molecule has 21 rings (SSSR count). The minimum absolute atomic E-state index is 1.00. The van der Waals surface area contributed by atoms with E-state index in [9.17, 15) is 0 Å². The zero-order valence-corrected chi connectivity index (χ0v) is 59.3. The van der Waals surface area contributed by atoms with E-state index in [0.29, 0.717) is 0 Å². The first-order valence-corrected chi connectivity index (χ1v) is 34.7. The second-order valence-corrected chi connectivity index (χ2v) is 27.8. The average Bonchev–Trinajstić information content (AvgIpc) is 1.68. The molecule has 0 spiro atoms. The average molecular weight is 1290 g/mol. The number of imidazole rings is 3. The highest BCUT2D eigenvalue weighted by Gasteiger charge is 2.25. The van der Waals surface area contributed by atoms with Crippen LogP contribution in [0.4, 0.5) is 0 Å². The van der Waals surface area contributed by atoms with Gasteiger partial charge in [0.2, 0.25) is 0 Å². The first kappa shape index (κ1) is 63.2. The van der Waals surface area contributed by atoms with Gasteiger partial charge in [0.15, 0.2) is 0 Å². The van der Waals surface area contributed by atoms with Gasteiger partial charge in [-0.15, -0.1) is 0 Å². The van der Waals surface area contributed by atoms with Crippen molar-refractivity contribution in [3.63, 3.8) is 0 Å². The lowest BCUT2D eigenvalue weighted by atomic mass is 10.1. The summed E-state index contributed by atoms with van der Waals surface area (Å²) in [6, 6.07) is 64.1. The van der Waals surface area contributed by atoms with Gasteiger partial charge in [-0.25, -0.2) is 9.97 Å². The van der Waals surface area contributed by atoms with E-state index in [2.05, 4.69) is 332 Å². The summed E-state index contributed by atoms with van der Waals surface area (Å²) in [5.41, 5.74) is 42.1. The standard InChI is InChI=1S/4C13H13N.3C12H12N2/c2*1-9-8-14-12-6-4-3-5-11(12)7-13(14)10(9)2;1-9-7-12-8-11-5-3-4-6-13(11)14(12)10(9)2;1-9-7-13-12-6-4-3-5-11(12)8-14(13)10(9)2;3*1-8-7-12-13-10-5-3-4-6-11(10)14(12)9(8)2/h2*3-6,8H,7H2,1-2H3;3-7H,8H2,1-2H3;3-6,8H,7H2,1-2H3;2*3-6H,7H2,1-2H3;3-7,13H,1-2H3. The molecule has 10 nitrogen and oxygen atoms in total. The molecule has 10 heteroatoms. The maximum atomic E-state index is 4.62. The van der Waals surface area contributed by atoms with Gasteiger partial charge in [-0.05, 0) is 230 Å². The molecule has 8 aromatic heterocycles. The predicted octanol–water partition coefficient (Wildman–Crippen LogP) is 21.2. The Labute approximate surface area is 575 Å². The van der Waals surface area contributed by atoms with Crippen LogP contribution in [0.3, 0.4) is 0 Å². The summed E-state index contributed by atoms with van der Waals surface area (Å²) in [6.07, 6.45) is 13.1. The summed E-state index contributed by atoms with van der Waals surface area (Å²) in [6.45, 7) is 30.6. The Hall–Kier alpha value is -10.8. The normalized spacial score (nSPS) is 13.7. The number of fused-ring (bicyclic) bond motifs is 21. The lowest BCUT2D eigenvalue weighted by Gasteiger charge is -2.05. The van der Waals surface area contributed by atoms with Crippen molar-refractivity contribution in [1.29, 1.82) is 0 Å². The van der Waals surface area contributed by atoms with Crippen molar-refractivity contribution in [3.05, 3.63) is 313 Å². The number of H-pyrrole nitrogens is 1. The summed E-state index contributed by atoms with van der Waals surface area (Å²) < 4.78 is 16.2. The Kier molecular flexibility index (Phi) is 16.3. The van der Waals surface area contributed by atoms with Crippen LogP contribution in [0.15, 0.2) is 217 Å². The van der Waals surface area contributed by atoms with E-state index in [1.807, 2.05) is 12.1 Å². The smallest absolute Gasteiger partial charge is 0.118 e. The predicted molar refractivity (Wildman–Crippen MR) is 409 cm³/mol. The third-order valence-electron chi connectivity index (χ3n) is 21.8. The molecule has 0 unspecified atom stereocenters. The molecule has 15 aromatic rings. The zero-order valence-electron chi connectivity index (χ0n) is 59.3. The maximum absolute atomic E-state index is 4.62. The number of aromatic amines is 1. The van der Waals surface area contributed by atoms with Crippen LogP contribution in [0.25, 0.3) is 83.7 Å². The fraction of sp³-hybridized carbons (Fsp3) is 0.227. The quantitative estimate of drug-likeness (QED) is 0.164. The molecular formula is C88H88N10. The third kappa shape index (κ3) is 11.0. The van der Waals surface area contributed by atoms with Crippen LogP contribution in [0.1, 0.15) is 137 Å². The van der Waals surface area contributed by atoms with Crippen molar-refractivity contribution >= 4 is 66.6 Å². The molecule has 6 aliphatic rings. The van der Waals surface area contributed by atoms with Gasteiger partial charge in [0.1, 0.15) is 17.3 Å². The summed E-state index contributed by atoms with van der Waals surface area (Å²) >= 11 is 0. The second-order valence-electron chi connectivity index (χ2n) is 27.8. The highest BCUT2D eigenvalue weighted by molar-refractivity contribution is 5.89. The van der Waals surface area contributed by atoms with Gasteiger partial charge in [0.05, 0.1) is 33.1 Å². The number of allylic oxidation sites excluding steroid dienone is 6. The number of benzene rings is 7. The van der Waals surface area contributed by atoms with Gasteiger partial charge >= 0.3 is 0 Å². The number of nitrogens with one attached hydrogen (secondary N) is 1. The van der Waals surface area contributed by atoms with E-state index in [1.165, 1.54) is 185 Å². The largest absolute Gasteiger partial charge is 0.340 e. The number of para-hydroxylation sites is 9. The molecule has 14 heterocycles. The lowest BCUT2D eigenvalue weighted by Crippen LogP contribution is -1.94. The first-order chi connectivity index (χ1) is 47.4. The van der Waals surface area contributed by atoms with Gasteiger partial charge in [-0.3, -0.25) is 4.40 Å². The number of aryl methyl sites for hydroxylation is 5. The van der Waals surface area contributed by atoms with E-state index >= 15 is 0 Å². The van der Waals surface area contributed by atoms with Gasteiger partial charge in [0.25, 0.3) is 0 Å². The van der Waals surface area contributed by atoms with Gasteiger partial charge in [-0.2, -0.15) is 0 Å². The van der Waals surface area contributed by atoms with E-state index < -0.39 is 0 Å². The molecule has 0 aliphatic carbocycles. The fourth-order valence-electron chi connectivity index (χ4n) is 15.5. The second kappa shape index (κ2) is 25.3. The molecule has 0 saturated heterocycles. The van der Waals surface area contributed by atoms with Gasteiger partial charge < -0.3 is 32.4 Å². The maximum Gasteiger partial charge on any atom is 0.118 e. The Bertz CT molecular complexity index is 5540. The Morgan fingerprint density at radius 2 is 0.806 bits per heavy atom. The molecular weight excluding hydrogens is 1200 g/mol. The molecule has 490 valence electrons. The van der Waals surface area contributed by atoms with Crippen LogP contribution < -0.4 is 0 Å². The number of hydrogen-bond acceptors (Lipinski definition) is 2. The van der Waals surface area contributed by atoms with Crippen molar-refractivity contribution in [1.82, 2.24) is 46.8 Å². The summed E-state index contributed by atoms with van der Waals surface area (Å²) in [5, 5.41) is 2.76. The Morgan fingerprint density at radius 3 is 1.38 bits per heavy atom. The van der Waals surface area contributed by atoms with Crippen LogP contribution in [0, 0.1) is 55.4 Å². The first-order valence-electron chi connectivity index (χ1n) is 34.7. The molecule has 0 amide bonds. The van der Waals surface area contributed by atoms with Crippen LogP contribution in [-0.2, 0) is 38.5 Å². The molecule has 6 aliphatic heterocycles. The molecule has 7 aromatic carbocycles. The van der Waals surface area contributed by atoms with Gasteiger partial charge in [0, 0.05) is 136 Å². The molecule has 0 bridgehead atoms. The number of nitrogens with zero attached hydrogens (tertiary/aromatic N) is 9. The molecule has 0 radical (unpaired) electrons. The van der Waals surface area contributed by atoms with Crippen molar-refractivity contribution in [2.45, 2.75) is 135 Å². The summed E-state index contributed by atoms with van der Waals surface area (Å²) in [5.74, 6) is 2.36. The van der Waals surface area contributed by atoms with Crippen LogP contribution >= 0.6 is 0 Å². The van der Waals surface area contributed by atoms with Crippen LogP contribution in [0.2, 0.25) is 0 Å². The molecule has 1 N–H and O–H groups in total. The number of aromatic nitrogens is 10. The highest BCUT2D eigenvalue weighted by Crippen LogP contribution is 2.37. The van der Waals surface area contributed by atoms with E-state index in [1.54, 1.807) is 0 Å². The minimum Gasteiger partial charge on any atom is -0.340 e. The minimum atomic E-state index is 1.00. The Morgan fingerprint density at radius 1 is 0.347 bits per heavy atom. The van der Waals surface area contributed by atoms with Crippen molar-refractivity contribution in [3.8, 4) is 17.1 Å². The van der Waals surface area contributed by atoms with Crippen LogP contribution in [-0.4, -0.2) is 46.8 Å². The highest BCUT2D eigenvalue weighted by atomic mass is 15.1.